The van der Waals surface area contributed by atoms with Gasteiger partial charge in [-0.1, -0.05) is 18.6 Å². The van der Waals surface area contributed by atoms with Gasteiger partial charge in [-0.3, -0.25) is 14.4 Å². The summed E-state index contributed by atoms with van der Waals surface area (Å²) in [6.45, 7) is 0.205. The number of hydrogen-bond acceptors (Lipinski definition) is 4. The van der Waals surface area contributed by atoms with Crippen molar-refractivity contribution in [2.75, 3.05) is 13.7 Å². The van der Waals surface area contributed by atoms with Gasteiger partial charge >= 0.3 is 0 Å². The van der Waals surface area contributed by atoms with Crippen LogP contribution in [0.4, 0.5) is 0 Å². The number of amides is 3. The van der Waals surface area contributed by atoms with Crippen molar-refractivity contribution in [3.05, 3.63) is 29.8 Å². The Balaban J connectivity index is 1.78. The molecule has 0 aliphatic heterocycles. The van der Waals surface area contributed by atoms with E-state index in [0.717, 1.165) is 12.8 Å². The van der Waals surface area contributed by atoms with Gasteiger partial charge in [0, 0.05) is 19.0 Å². The van der Waals surface area contributed by atoms with Crippen molar-refractivity contribution in [2.45, 2.75) is 31.7 Å². The lowest BCUT2D eigenvalue weighted by Crippen LogP contribution is -2.43. The number of primary amides is 1. The van der Waals surface area contributed by atoms with Crippen LogP contribution >= 0.6 is 0 Å². The van der Waals surface area contributed by atoms with Crippen molar-refractivity contribution in [3.63, 3.8) is 0 Å². The summed E-state index contributed by atoms with van der Waals surface area (Å²) in [7, 11) is 1.50. The van der Waals surface area contributed by atoms with Crippen LogP contribution in [-0.4, -0.2) is 37.4 Å². The predicted molar refractivity (Wildman–Crippen MR) is 88.4 cm³/mol. The highest BCUT2D eigenvalue weighted by molar-refractivity contribution is 5.97. The van der Waals surface area contributed by atoms with Gasteiger partial charge in [0.25, 0.3) is 5.91 Å². The molecule has 7 nitrogen and oxygen atoms in total. The van der Waals surface area contributed by atoms with Crippen molar-refractivity contribution in [1.82, 2.24) is 10.6 Å². The second-order valence-electron chi connectivity index (χ2n) is 5.82. The van der Waals surface area contributed by atoms with Crippen LogP contribution in [0.2, 0.25) is 0 Å². The molecule has 130 valence electrons. The number of para-hydroxylation sites is 1. The molecule has 1 aromatic rings. The van der Waals surface area contributed by atoms with Crippen LogP contribution < -0.4 is 21.1 Å². The van der Waals surface area contributed by atoms with E-state index in [1.807, 2.05) is 0 Å². The molecule has 0 bridgehead atoms. The molecule has 3 amide bonds. The molecular weight excluding hydrogens is 310 g/mol. The molecule has 1 aromatic carbocycles. The van der Waals surface area contributed by atoms with Crippen molar-refractivity contribution in [1.29, 1.82) is 0 Å². The Hall–Kier alpha value is -2.57. The lowest BCUT2D eigenvalue weighted by atomic mass is 10.0. The first-order valence-corrected chi connectivity index (χ1v) is 8.03. The Labute approximate surface area is 140 Å². The maximum Gasteiger partial charge on any atom is 0.255 e. The number of methoxy groups -OCH3 is 1. The Morgan fingerprint density at radius 1 is 1.25 bits per heavy atom. The van der Waals surface area contributed by atoms with Gasteiger partial charge in [-0.2, -0.15) is 0 Å². The van der Waals surface area contributed by atoms with Crippen molar-refractivity contribution in [3.8, 4) is 5.75 Å². The lowest BCUT2D eigenvalue weighted by molar-refractivity contribution is -0.124. The van der Waals surface area contributed by atoms with E-state index in [1.54, 1.807) is 24.3 Å². The number of hydrogen-bond donors (Lipinski definition) is 3. The molecule has 1 saturated carbocycles. The van der Waals surface area contributed by atoms with E-state index in [0.29, 0.717) is 17.7 Å². The van der Waals surface area contributed by atoms with Gasteiger partial charge in [-0.25, -0.2) is 0 Å². The van der Waals surface area contributed by atoms with E-state index in [4.69, 9.17) is 10.5 Å². The normalized spacial score (nSPS) is 19.5. The van der Waals surface area contributed by atoms with Gasteiger partial charge in [0.1, 0.15) is 5.75 Å². The van der Waals surface area contributed by atoms with Crippen LogP contribution in [-0.2, 0) is 9.59 Å². The highest BCUT2D eigenvalue weighted by Gasteiger charge is 2.32. The molecule has 1 aliphatic rings. The third-order valence-electron chi connectivity index (χ3n) is 4.22. The van der Waals surface area contributed by atoms with Gasteiger partial charge in [0.05, 0.1) is 18.6 Å². The maximum atomic E-state index is 12.1. The van der Waals surface area contributed by atoms with E-state index in [1.165, 1.54) is 7.11 Å². The largest absolute Gasteiger partial charge is 0.496 e. The molecule has 0 unspecified atom stereocenters. The van der Waals surface area contributed by atoms with Crippen LogP contribution in [0.5, 0.6) is 5.75 Å². The number of ether oxygens (including phenoxy) is 1. The minimum Gasteiger partial charge on any atom is -0.496 e. The average molecular weight is 333 g/mol. The summed E-state index contributed by atoms with van der Waals surface area (Å²) < 4.78 is 5.13. The Morgan fingerprint density at radius 3 is 2.71 bits per heavy atom. The molecule has 24 heavy (non-hydrogen) atoms. The molecule has 1 aliphatic carbocycles. The van der Waals surface area contributed by atoms with Crippen molar-refractivity contribution < 1.29 is 19.1 Å². The van der Waals surface area contributed by atoms with Crippen molar-refractivity contribution in [2.24, 2.45) is 11.7 Å². The number of nitrogens with two attached hydrogens (primary N) is 1. The third-order valence-corrected chi connectivity index (χ3v) is 4.22. The average Bonchev–Trinajstić information content (AvgIpc) is 3.03. The van der Waals surface area contributed by atoms with E-state index < -0.39 is 0 Å². The molecule has 0 heterocycles. The van der Waals surface area contributed by atoms with Crippen LogP contribution in [0.1, 0.15) is 36.0 Å². The standard InChI is InChI=1S/C17H23N3O4/c1-24-14-8-3-2-5-12(14)17(23)19-10-9-15(21)20-13-7-4-6-11(13)16(18)22/h2-3,5,8,11,13H,4,6-7,9-10H2,1H3,(H2,18,22)(H,19,23)(H,20,21)/t11-,13-/m0/s1. The van der Waals surface area contributed by atoms with Crippen LogP contribution in [0, 0.1) is 5.92 Å². The smallest absolute Gasteiger partial charge is 0.255 e. The SMILES string of the molecule is COc1ccccc1C(=O)NCCC(=O)N[C@H]1CCC[C@@H]1C(N)=O. The monoisotopic (exact) mass is 333 g/mol. The molecule has 2 atom stereocenters. The third kappa shape index (κ3) is 4.47. The quantitative estimate of drug-likeness (QED) is 0.678. The maximum absolute atomic E-state index is 12.1. The predicted octanol–water partition coefficient (Wildman–Crippen LogP) is 0.585. The highest BCUT2D eigenvalue weighted by Crippen LogP contribution is 2.25. The van der Waals surface area contributed by atoms with Gasteiger partial charge in [0.15, 0.2) is 0 Å². The second kappa shape index (κ2) is 8.33. The fraction of sp³-hybridized carbons (Fsp3) is 0.471. The van der Waals surface area contributed by atoms with Crippen LogP contribution in [0.25, 0.3) is 0 Å². The molecule has 2 rings (SSSR count). The number of benzene rings is 1. The number of carbonyl (C=O) groups excluding carboxylic acids is 3. The first-order valence-electron chi connectivity index (χ1n) is 8.03. The van der Waals surface area contributed by atoms with E-state index in [9.17, 15) is 14.4 Å². The summed E-state index contributed by atoms with van der Waals surface area (Å²) >= 11 is 0. The molecule has 7 heteroatoms. The zero-order valence-corrected chi connectivity index (χ0v) is 13.7. The van der Waals surface area contributed by atoms with Gasteiger partial charge in [-0.05, 0) is 25.0 Å². The van der Waals surface area contributed by atoms with Gasteiger partial charge in [-0.15, -0.1) is 0 Å². The topological polar surface area (TPSA) is 111 Å². The fourth-order valence-corrected chi connectivity index (χ4v) is 2.97. The summed E-state index contributed by atoms with van der Waals surface area (Å²) in [6.07, 6.45) is 2.49. The van der Waals surface area contributed by atoms with E-state index in [-0.39, 0.29) is 42.6 Å². The summed E-state index contributed by atoms with van der Waals surface area (Å²) in [5.41, 5.74) is 5.76. The van der Waals surface area contributed by atoms with E-state index >= 15 is 0 Å². The molecular formula is C17H23N3O4. The summed E-state index contributed by atoms with van der Waals surface area (Å²) in [6, 6.07) is 6.68. The Bertz CT molecular complexity index is 618. The summed E-state index contributed by atoms with van der Waals surface area (Å²) in [4.78, 5) is 35.4. The van der Waals surface area contributed by atoms with E-state index in [2.05, 4.69) is 10.6 Å². The summed E-state index contributed by atoms with van der Waals surface area (Å²) in [5.74, 6) is -0.682. The summed E-state index contributed by atoms with van der Waals surface area (Å²) in [5, 5.41) is 5.52. The van der Waals surface area contributed by atoms with Crippen LogP contribution in [0.3, 0.4) is 0 Å². The van der Waals surface area contributed by atoms with Crippen molar-refractivity contribution >= 4 is 17.7 Å². The fourth-order valence-electron chi connectivity index (χ4n) is 2.97. The van der Waals surface area contributed by atoms with Crippen LogP contribution in [0.15, 0.2) is 24.3 Å². The zero-order chi connectivity index (χ0) is 17.5. The molecule has 0 spiro atoms. The second-order valence-corrected chi connectivity index (χ2v) is 5.82. The molecule has 0 saturated heterocycles. The van der Waals surface area contributed by atoms with Gasteiger partial charge < -0.3 is 21.1 Å². The number of nitrogens with one attached hydrogen (secondary N) is 2. The lowest BCUT2D eigenvalue weighted by Gasteiger charge is -2.18. The Morgan fingerprint density at radius 2 is 2.00 bits per heavy atom. The highest BCUT2D eigenvalue weighted by atomic mass is 16.5. The molecule has 4 N–H and O–H groups in total. The molecule has 1 fully saturated rings. The zero-order valence-electron chi connectivity index (χ0n) is 13.7. The Kier molecular flexibility index (Phi) is 6.17. The molecule has 0 radical (unpaired) electrons. The minimum atomic E-state index is -0.373. The number of rotatable bonds is 7. The minimum absolute atomic E-state index is 0.142. The first kappa shape index (κ1) is 17.8. The first-order chi connectivity index (χ1) is 11.5. The van der Waals surface area contributed by atoms with Gasteiger partial charge in [0.2, 0.25) is 11.8 Å². The number of carbonyl (C=O) groups is 3. The molecule has 0 aromatic heterocycles.